The Morgan fingerprint density at radius 1 is 1.47 bits per heavy atom. The van der Waals surface area contributed by atoms with Crippen LogP contribution in [0.1, 0.15) is 20.3 Å². The molecule has 2 unspecified atom stereocenters. The summed E-state index contributed by atoms with van der Waals surface area (Å²) < 4.78 is 5.06. The summed E-state index contributed by atoms with van der Waals surface area (Å²) in [5.41, 5.74) is 0. The van der Waals surface area contributed by atoms with E-state index in [1.165, 1.54) is 0 Å². The van der Waals surface area contributed by atoms with Crippen LogP contribution in [0.15, 0.2) is 18.2 Å². The minimum atomic E-state index is 0.388. The molecule has 15 heavy (non-hydrogen) atoms. The van der Waals surface area contributed by atoms with Crippen molar-refractivity contribution < 1.29 is 4.74 Å². The molecule has 1 aromatic heterocycles. The van der Waals surface area contributed by atoms with E-state index < -0.39 is 0 Å². The van der Waals surface area contributed by atoms with Crippen LogP contribution in [-0.4, -0.2) is 23.0 Å². The summed E-state index contributed by atoms with van der Waals surface area (Å²) in [6.07, 6.45) is 1.05. The number of pyridine rings is 1. The molecule has 0 saturated heterocycles. The first-order valence-electron chi connectivity index (χ1n) is 5.03. The zero-order valence-electron chi connectivity index (χ0n) is 9.33. The molecule has 0 saturated carbocycles. The van der Waals surface area contributed by atoms with Crippen molar-refractivity contribution in [2.75, 3.05) is 12.4 Å². The molecule has 0 spiro atoms. The minimum absolute atomic E-state index is 0.388. The second-order valence-corrected chi connectivity index (χ2v) is 5.19. The van der Waals surface area contributed by atoms with Gasteiger partial charge in [-0.3, -0.25) is 0 Å². The van der Waals surface area contributed by atoms with Crippen molar-refractivity contribution in [2.45, 2.75) is 31.1 Å². The lowest BCUT2D eigenvalue weighted by Gasteiger charge is -2.15. The van der Waals surface area contributed by atoms with Crippen molar-refractivity contribution in [1.29, 1.82) is 0 Å². The Balaban J connectivity index is 2.55. The van der Waals surface area contributed by atoms with Crippen molar-refractivity contribution in [3.63, 3.8) is 0 Å². The van der Waals surface area contributed by atoms with Crippen molar-refractivity contribution >= 4 is 21.7 Å². The van der Waals surface area contributed by atoms with Gasteiger partial charge in [-0.25, -0.2) is 0 Å². The Bertz CT molecular complexity index is 304. The molecule has 0 bridgehead atoms. The van der Waals surface area contributed by atoms with Crippen LogP contribution in [0.3, 0.4) is 0 Å². The van der Waals surface area contributed by atoms with Crippen molar-refractivity contribution in [3.8, 4) is 5.88 Å². The van der Waals surface area contributed by atoms with Gasteiger partial charge in [0.05, 0.1) is 7.11 Å². The Hall–Kier alpha value is -0.770. The molecule has 0 fully saturated rings. The van der Waals surface area contributed by atoms with Crippen LogP contribution in [-0.2, 0) is 0 Å². The van der Waals surface area contributed by atoms with Gasteiger partial charge >= 0.3 is 0 Å². The third kappa shape index (κ3) is 4.51. The number of methoxy groups -OCH3 is 1. The van der Waals surface area contributed by atoms with Crippen LogP contribution in [0.4, 0.5) is 5.82 Å². The number of halogens is 1. The second-order valence-electron chi connectivity index (χ2n) is 3.63. The summed E-state index contributed by atoms with van der Waals surface area (Å²) in [5, 5.41) is 3.33. The molecule has 3 nitrogen and oxygen atoms in total. The lowest BCUT2D eigenvalue weighted by atomic mass is 10.2. The largest absolute Gasteiger partial charge is 0.481 e. The minimum Gasteiger partial charge on any atom is -0.481 e. The fourth-order valence-corrected chi connectivity index (χ4v) is 1.97. The highest BCUT2D eigenvalue weighted by atomic mass is 79.9. The summed E-state index contributed by atoms with van der Waals surface area (Å²) in [5.74, 6) is 1.49. The van der Waals surface area contributed by atoms with Gasteiger partial charge in [-0.15, -0.1) is 0 Å². The summed E-state index contributed by atoms with van der Waals surface area (Å²) in [4.78, 5) is 4.80. The topological polar surface area (TPSA) is 34.1 Å². The average Bonchev–Trinajstić information content (AvgIpc) is 2.16. The van der Waals surface area contributed by atoms with Gasteiger partial charge in [-0.2, -0.15) is 4.98 Å². The highest BCUT2D eigenvalue weighted by molar-refractivity contribution is 9.09. The molecule has 1 rings (SSSR count). The van der Waals surface area contributed by atoms with Gasteiger partial charge in [0, 0.05) is 16.9 Å². The van der Waals surface area contributed by atoms with Gasteiger partial charge in [-0.1, -0.05) is 28.9 Å². The number of ether oxygens (including phenoxy) is 1. The van der Waals surface area contributed by atoms with Gasteiger partial charge in [0.15, 0.2) is 0 Å². The van der Waals surface area contributed by atoms with E-state index in [-0.39, 0.29) is 0 Å². The molecule has 0 aromatic carbocycles. The van der Waals surface area contributed by atoms with Crippen LogP contribution >= 0.6 is 15.9 Å². The molecule has 1 N–H and O–H groups in total. The molecule has 1 heterocycles. The molecule has 0 aliphatic rings. The Morgan fingerprint density at radius 3 is 2.80 bits per heavy atom. The van der Waals surface area contributed by atoms with Gasteiger partial charge in [0.25, 0.3) is 0 Å². The van der Waals surface area contributed by atoms with Crippen molar-refractivity contribution in [3.05, 3.63) is 18.2 Å². The summed E-state index contributed by atoms with van der Waals surface area (Å²) in [6, 6.07) is 6.10. The third-order valence-electron chi connectivity index (χ3n) is 2.01. The molecular formula is C11H17BrN2O. The van der Waals surface area contributed by atoms with Crippen LogP contribution in [0, 0.1) is 0 Å². The Labute approximate surface area is 99.4 Å². The zero-order valence-corrected chi connectivity index (χ0v) is 10.9. The maximum atomic E-state index is 5.06. The number of nitrogens with zero attached hydrogens (tertiary/aromatic N) is 1. The molecule has 84 valence electrons. The number of anilines is 1. The Kier molecular flexibility index (Phi) is 4.88. The van der Waals surface area contributed by atoms with E-state index in [0.29, 0.717) is 16.7 Å². The third-order valence-corrected chi connectivity index (χ3v) is 2.38. The first-order chi connectivity index (χ1) is 7.11. The quantitative estimate of drug-likeness (QED) is 0.837. The highest BCUT2D eigenvalue weighted by Crippen LogP contribution is 2.14. The predicted octanol–water partition coefficient (Wildman–Crippen LogP) is 3.06. The summed E-state index contributed by atoms with van der Waals surface area (Å²) in [7, 11) is 1.62. The molecule has 4 heteroatoms. The first kappa shape index (κ1) is 12.3. The van der Waals surface area contributed by atoms with E-state index in [1.54, 1.807) is 7.11 Å². The van der Waals surface area contributed by atoms with E-state index in [9.17, 15) is 0 Å². The van der Waals surface area contributed by atoms with Gasteiger partial charge in [-0.05, 0) is 19.4 Å². The number of aromatic nitrogens is 1. The standard InChI is InChI=1S/C11H17BrN2O/c1-8(12)7-9(2)13-10-5-4-6-11(14-10)15-3/h4-6,8-9H,7H2,1-3H3,(H,13,14). The van der Waals surface area contributed by atoms with Crippen LogP contribution in [0.2, 0.25) is 0 Å². The van der Waals surface area contributed by atoms with E-state index in [0.717, 1.165) is 12.2 Å². The summed E-state index contributed by atoms with van der Waals surface area (Å²) >= 11 is 3.53. The predicted molar refractivity (Wildman–Crippen MR) is 66.9 cm³/mol. The second kappa shape index (κ2) is 5.95. The van der Waals surface area contributed by atoms with Gasteiger partial charge < -0.3 is 10.1 Å². The number of nitrogens with one attached hydrogen (secondary N) is 1. The van der Waals surface area contributed by atoms with Gasteiger partial charge in [0.1, 0.15) is 5.82 Å². The SMILES string of the molecule is COc1cccc(NC(C)CC(C)Br)n1. The van der Waals surface area contributed by atoms with Crippen LogP contribution < -0.4 is 10.1 Å². The Morgan fingerprint density at radius 2 is 2.20 bits per heavy atom. The average molecular weight is 273 g/mol. The smallest absolute Gasteiger partial charge is 0.214 e. The van der Waals surface area contributed by atoms with Crippen molar-refractivity contribution in [2.24, 2.45) is 0 Å². The van der Waals surface area contributed by atoms with E-state index in [4.69, 9.17) is 4.74 Å². The molecule has 1 aromatic rings. The highest BCUT2D eigenvalue weighted by Gasteiger charge is 2.06. The fourth-order valence-electron chi connectivity index (χ4n) is 1.41. The maximum Gasteiger partial charge on any atom is 0.214 e. The molecular weight excluding hydrogens is 256 g/mol. The zero-order chi connectivity index (χ0) is 11.3. The molecule has 2 atom stereocenters. The molecule has 0 aliphatic heterocycles. The van der Waals surface area contributed by atoms with Gasteiger partial charge in [0.2, 0.25) is 5.88 Å². The number of rotatable bonds is 5. The molecule has 0 amide bonds. The first-order valence-corrected chi connectivity index (χ1v) is 5.95. The van der Waals surface area contributed by atoms with E-state index in [2.05, 4.69) is 40.1 Å². The summed E-state index contributed by atoms with van der Waals surface area (Å²) in [6.45, 7) is 4.27. The normalized spacial score (nSPS) is 14.4. The number of hydrogen-bond acceptors (Lipinski definition) is 3. The van der Waals surface area contributed by atoms with Crippen molar-refractivity contribution in [1.82, 2.24) is 4.98 Å². The molecule has 0 aliphatic carbocycles. The fraction of sp³-hybridized carbons (Fsp3) is 0.545. The molecule has 0 radical (unpaired) electrons. The van der Waals surface area contributed by atoms with Crippen LogP contribution in [0.25, 0.3) is 0 Å². The van der Waals surface area contributed by atoms with E-state index in [1.807, 2.05) is 18.2 Å². The monoisotopic (exact) mass is 272 g/mol. The lowest BCUT2D eigenvalue weighted by molar-refractivity contribution is 0.398. The lowest BCUT2D eigenvalue weighted by Crippen LogP contribution is -2.19. The van der Waals surface area contributed by atoms with E-state index >= 15 is 0 Å². The van der Waals surface area contributed by atoms with Crippen LogP contribution in [0.5, 0.6) is 5.88 Å². The number of hydrogen-bond donors (Lipinski definition) is 1. The number of alkyl halides is 1. The maximum absolute atomic E-state index is 5.06.